The molecule has 0 heterocycles. The van der Waals surface area contributed by atoms with Crippen LogP contribution in [0.5, 0.6) is 0 Å². The molecule has 1 nitrogen and oxygen atoms in total. The van der Waals surface area contributed by atoms with Crippen molar-refractivity contribution in [3.8, 4) is 0 Å². The van der Waals surface area contributed by atoms with Crippen LogP contribution in [0, 0.1) is 22.7 Å². The van der Waals surface area contributed by atoms with E-state index in [0.29, 0.717) is 10.8 Å². The van der Waals surface area contributed by atoms with Crippen molar-refractivity contribution in [2.24, 2.45) is 22.7 Å². The Morgan fingerprint density at radius 2 is 1.61 bits per heavy atom. The SMILES string of the molecule is CC1CCCC1CNC1CC(C)(C)CC(C)(C)C1. The van der Waals surface area contributed by atoms with E-state index < -0.39 is 0 Å². The molecular formula is C17H33N. The molecule has 0 amide bonds. The van der Waals surface area contributed by atoms with Crippen molar-refractivity contribution in [3.05, 3.63) is 0 Å². The molecule has 0 spiro atoms. The molecule has 0 aromatic heterocycles. The summed E-state index contributed by atoms with van der Waals surface area (Å²) in [5.74, 6) is 1.89. The third-order valence-electron chi connectivity index (χ3n) is 5.26. The topological polar surface area (TPSA) is 12.0 Å². The van der Waals surface area contributed by atoms with Gasteiger partial charge in [0.1, 0.15) is 0 Å². The summed E-state index contributed by atoms with van der Waals surface area (Å²) in [4.78, 5) is 0. The Balaban J connectivity index is 1.85. The minimum atomic E-state index is 0.515. The smallest absolute Gasteiger partial charge is 0.00773 e. The van der Waals surface area contributed by atoms with E-state index in [2.05, 4.69) is 39.9 Å². The Morgan fingerprint density at radius 1 is 1.00 bits per heavy atom. The monoisotopic (exact) mass is 251 g/mol. The van der Waals surface area contributed by atoms with Crippen LogP contribution in [-0.2, 0) is 0 Å². The van der Waals surface area contributed by atoms with Crippen molar-refractivity contribution in [1.29, 1.82) is 0 Å². The quantitative estimate of drug-likeness (QED) is 0.772. The largest absolute Gasteiger partial charge is 0.314 e. The van der Waals surface area contributed by atoms with Gasteiger partial charge in [-0.1, -0.05) is 47.5 Å². The maximum absolute atomic E-state index is 3.91. The summed E-state index contributed by atoms with van der Waals surface area (Å²) in [6, 6.07) is 0.747. The first-order chi connectivity index (χ1) is 8.27. The number of hydrogen-bond acceptors (Lipinski definition) is 1. The fraction of sp³-hybridized carbons (Fsp3) is 1.00. The minimum Gasteiger partial charge on any atom is -0.314 e. The summed E-state index contributed by atoms with van der Waals surface area (Å²) in [6.07, 6.45) is 8.45. The van der Waals surface area contributed by atoms with Gasteiger partial charge in [-0.15, -0.1) is 0 Å². The van der Waals surface area contributed by atoms with Crippen LogP contribution in [0.1, 0.15) is 73.1 Å². The molecule has 2 unspecified atom stereocenters. The van der Waals surface area contributed by atoms with Gasteiger partial charge < -0.3 is 5.32 Å². The highest BCUT2D eigenvalue weighted by atomic mass is 14.9. The van der Waals surface area contributed by atoms with E-state index in [1.54, 1.807) is 0 Å². The van der Waals surface area contributed by atoms with Crippen LogP contribution in [0.25, 0.3) is 0 Å². The highest BCUT2D eigenvalue weighted by Crippen LogP contribution is 2.45. The van der Waals surface area contributed by atoms with Crippen molar-refractivity contribution in [3.63, 3.8) is 0 Å². The Kier molecular flexibility index (Phi) is 4.11. The van der Waals surface area contributed by atoms with Gasteiger partial charge in [0.15, 0.2) is 0 Å². The Labute approximate surface area is 114 Å². The average molecular weight is 251 g/mol. The van der Waals surface area contributed by atoms with E-state index in [1.807, 2.05) is 0 Å². The lowest BCUT2D eigenvalue weighted by Crippen LogP contribution is -2.45. The van der Waals surface area contributed by atoms with E-state index in [-0.39, 0.29) is 0 Å². The first kappa shape index (κ1) is 14.4. The molecule has 1 heteroatoms. The van der Waals surface area contributed by atoms with Crippen molar-refractivity contribution in [2.45, 2.75) is 79.2 Å². The standard InChI is InChI=1S/C17H33N/c1-13-7-6-8-14(13)11-18-15-9-16(2,3)12-17(4,5)10-15/h13-15,18H,6-12H2,1-5H3. The highest BCUT2D eigenvalue weighted by molar-refractivity contribution is 4.92. The first-order valence-electron chi connectivity index (χ1n) is 8.01. The van der Waals surface area contributed by atoms with Crippen molar-refractivity contribution < 1.29 is 0 Å². The second-order valence-electron chi connectivity index (χ2n) is 8.69. The number of hydrogen-bond donors (Lipinski definition) is 1. The summed E-state index contributed by atoms with van der Waals surface area (Å²) < 4.78 is 0. The molecule has 106 valence electrons. The van der Waals surface area contributed by atoms with Crippen LogP contribution >= 0.6 is 0 Å². The van der Waals surface area contributed by atoms with E-state index in [0.717, 1.165) is 17.9 Å². The van der Waals surface area contributed by atoms with E-state index in [4.69, 9.17) is 0 Å². The maximum Gasteiger partial charge on any atom is 0.00773 e. The minimum absolute atomic E-state index is 0.515. The van der Waals surface area contributed by atoms with Gasteiger partial charge >= 0.3 is 0 Å². The van der Waals surface area contributed by atoms with Crippen molar-refractivity contribution in [2.75, 3.05) is 6.54 Å². The molecule has 2 atom stereocenters. The molecule has 0 radical (unpaired) electrons. The highest BCUT2D eigenvalue weighted by Gasteiger charge is 2.38. The summed E-state index contributed by atoms with van der Waals surface area (Å²) in [5, 5.41) is 3.91. The van der Waals surface area contributed by atoms with Crippen LogP contribution in [0.2, 0.25) is 0 Å². The molecule has 2 fully saturated rings. The van der Waals surface area contributed by atoms with Crippen LogP contribution in [0.15, 0.2) is 0 Å². The van der Waals surface area contributed by atoms with Crippen LogP contribution in [-0.4, -0.2) is 12.6 Å². The van der Waals surface area contributed by atoms with Gasteiger partial charge in [0.25, 0.3) is 0 Å². The predicted molar refractivity (Wildman–Crippen MR) is 79.7 cm³/mol. The second-order valence-corrected chi connectivity index (χ2v) is 8.69. The molecule has 0 saturated heterocycles. The molecular weight excluding hydrogens is 218 g/mol. The molecule has 2 saturated carbocycles. The maximum atomic E-state index is 3.91. The predicted octanol–water partition coefficient (Wildman–Crippen LogP) is 4.62. The normalized spacial score (nSPS) is 35.8. The van der Waals surface area contributed by atoms with Gasteiger partial charge in [0.2, 0.25) is 0 Å². The molecule has 2 aliphatic carbocycles. The lowest BCUT2D eigenvalue weighted by Gasteiger charge is -2.45. The molecule has 2 aliphatic rings. The summed E-state index contributed by atoms with van der Waals surface area (Å²) in [5.41, 5.74) is 1.03. The van der Waals surface area contributed by atoms with Gasteiger partial charge in [0.05, 0.1) is 0 Å². The van der Waals surface area contributed by atoms with Crippen LogP contribution < -0.4 is 5.32 Å². The Morgan fingerprint density at radius 3 is 2.11 bits per heavy atom. The molecule has 18 heavy (non-hydrogen) atoms. The molecule has 0 aromatic carbocycles. The molecule has 1 N–H and O–H groups in total. The number of nitrogens with one attached hydrogen (secondary N) is 1. The summed E-state index contributed by atoms with van der Waals surface area (Å²) >= 11 is 0. The number of rotatable bonds is 3. The van der Waals surface area contributed by atoms with Gasteiger partial charge in [-0.05, 0) is 54.9 Å². The lowest BCUT2D eigenvalue weighted by molar-refractivity contribution is 0.0827. The van der Waals surface area contributed by atoms with Gasteiger partial charge in [-0.2, -0.15) is 0 Å². The van der Waals surface area contributed by atoms with Gasteiger partial charge in [-0.25, -0.2) is 0 Å². The Bertz CT molecular complexity index is 263. The first-order valence-corrected chi connectivity index (χ1v) is 8.01. The molecule has 2 rings (SSSR count). The fourth-order valence-corrected chi connectivity index (χ4v) is 4.83. The Hall–Kier alpha value is -0.0400. The van der Waals surface area contributed by atoms with Crippen LogP contribution in [0.4, 0.5) is 0 Å². The summed E-state index contributed by atoms with van der Waals surface area (Å²) in [6.45, 7) is 13.5. The van der Waals surface area contributed by atoms with Crippen molar-refractivity contribution >= 4 is 0 Å². The summed E-state index contributed by atoms with van der Waals surface area (Å²) in [7, 11) is 0. The zero-order chi connectivity index (χ0) is 13.4. The third-order valence-corrected chi connectivity index (χ3v) is 5.26. The lowest BCUT2D eigenvalue weighted by atomic mass is 9.63. The van der Waals surface area contributed by atoms with E-state index >= 15 is 0 Å². The molecule has 0 aromatic rings. The van der Waals surface area contributed by atoms with Gasteiger partial charge in [0, 0.05) is 6.04 Å². The van der Waals surface area contributed by atoms with Crippen molar-refractivity contribution in [1.82, 2.24) is 5.32 Å². The van der Waals surface area contributed by atoms with E-state index in [9.17, 15) is 0 Å². The molecule has 0 aliphatic heterocycles. The fourth-order valence-electron chi connectivity index (χ4n) is 4.83. The average Bonchev–Trinajstić information content (AvgIpc) is 2.56. The van der Waals surface area contributed by atoms with Gasteiger partial charge in [-0.3, -0.25) is 0 Å². The third kappa shape index (κ3) is 3.73. The zero-order valence-electron chi connectivity index (χ0n) is 13.2. The zero-order valence-corrected chi connectivity index (χ0v) is 13.2. The van der Waals surface area contributed by atoms with E-state index in [1.165, 1.54) is 45.1 Å². The van der Waals surface area contributed by atoms with Crippen LogP contribution in [0.3, 0.4) is 0 Å². The second kappa shape index (κ2) is 5.15. The molecule has 0 bridgehead atoms.